The number of hydrogen-bond donors (Lipinski definition) is 2. The monoisotopic (exact) mass is 208 g/mol. The van der Waals surface area contributed by atoms with Crippen LogP contribution in [0.2, 0.25) is 0 Å². The molecule has 5 nitrogen and oxygen atoms in total. The number of alkyl halides is 3. The number of aromatic nitrogens is 2. The zero-order chi connectivity index (χ0) is 10.9. The third kappa shape index (κ3) is 2.15. The molecule has 0 aliphatic rings. The smallest absolute Gasteiger partial charge is 0.351 e. The molecule has 0 aliphatic carbocycles. The van der Waals surface area contributed by atoms with Gasteiger partial charge in [0.2, 0.25) is 0 Å². The summed E-state index contributed by atoms with van der Waals surface area (Å²) in [5.74, 6) is 0. The third-order valence-corrected chi connectivity index (χ3v) is 1.36. The molecule has 0 radical (unpaired) electrons. The highest BCUT2D eigenvalue weighted by Gasteiger charge is 2.37. The number of nitrogens with two attached hydrogens (primary N) is 1. The number of carbonyl (C=O) groups is 1. The molecule has 8 heteroatoms. The van der Waals surface area contributed by atoms with Gasteiger partial charge in [-0.1, -0.05) is 0 Å². The van der Waals surface area contributed by atoms with E-state index in [0.717, 1.165) is 10.9 Å². The maximum atomic E-state index is 12.2. The fraction of sp³-hybridized carbons (Fsp3) is 0.333. The number of hydrogen-bond acceptors (Lipinski definition) is 2. The number of aryl methyl sites for hydroxylation is 1. The summed E-state index contributed by atoms with van der Waals surface area (Å²) in [7, 11) is 1.31. The molecule has 1 aromatic heterocycles. The first-order valence-corrected chi connectivity index (χ1v) is 3.48. The molecule has 0 saturated heterocycles. The Kier molecular flexibility index (Phi) is 2.37. The van der Waals surface area contributed by atoms with Gasteiger partial charge in [0.05, 0.1) is 5.69 Å². The van der Waals surface area contributed by atoms with Crippen LogP contribution in [0, 0.1) is 0 Å². The molecule has 0 fully saturated rings. The van der Waals surface area contributed by atoms with Gasteiger partial charge in [0, 0.05) is 13.2 Å². The molecule has 0 saturated carbocycles. The maximum absolute atomic E-state index is 12.2. The van der Waals surface area contributed by atoms with Crippen LogP contribution < -0.4 is 11.1 Å². The van der Waals surface area contributed by atoms with Crippen molar-refractivity contribution < 1.29 is 18.0 Å². The first-order chi connectivity index (χ1) is 6.30. The van der Waals surface area contributed by atoms with Gasteiger partial charge in [0.15, 0.2) is 5.69 Å². The van der Waals surface area contributed by atoms with Gasteiger partial charge in [-0.25, -0.2) is 4.79 Å². The Hall–Kier alpha value is -1.73. The van der Waals surface area contributed by atoms with Crippen molar-refractivity contribution in [1.82, 2.24) is 9.78 Å². The molecule has 0 aromatic carbocycles. The van der Waals surface area contributed by atoms with Crippen molar-refractivity contribution in [2.24, 2.45) is 12.8 Å². The number of rotatable bonds is 1. The zero-order valence-corrected chi connectivity index (χ0v) is 7.09. The predicted molar refractivity (Wildman–Crippen MR) is 41.4 cm³/mol. The Labute approximate surface area is 76.7 Å². The van der Waals surface area contributed by atoms with Gasteiger partial charge in [-0.05, 0) is 0 Å². The summed E-state index contributed by atoms with van der Waals surface area (Å²) in [4.78, 5) is 10.4. The van der Waals surface area contributed by atoms with E-state index in [1.807, 2.05) is 5.32 Å². The molecule has 1 aromatic rings. The van der Waals surface area contributed by atoms with Gasteiger partial charge in [0.1, 0.15) is 0 Å². The Morgan fingerprint density at radius 2 is 2.21 bits per heavy atom. The Balaban J connectivity index is 3.09. The van der Waals surface area contributed by atoms with Crippen LogP contribution in [0.15, 0.2) is 6.20 Å². The second kappa shape index (κ2) is 3.20. The van der Waals surface area contributed by atoms with Crippen LogP contribution in [0.5, 0.6) is 0 Å². The van der Waals surface area contributed by atoms with E-state index in [4.69, 9.17) is 5.73 Å². The van der Waals surface area contributed by atoms with E-state index in [2.05, 4.69) is 5.10 Å². The highest BCUT2D eigenvalue weighted by Crippen LogP contribution is 2.33. The van der Waals surface area contributed by atoms with Crippen LogP contribution in [0.1, 0.15) is 5.69 Å². The number of amides is 2. The van der Waals surface area contributed by atoms with Gasteiger partial charge in [-0.3, -0.25) is 4.68 Å². The number of nitrogens with zero attached hydrogens (tertiary/aromatic N) is 2. The van der Waals surface area contributed by atoms with Crippen LogP contribution in [0.25, 0.3) is 0 Å². The molecule has 78 valence electrons. The fourth-order valence-corrected chi connectivity index (χ4v) is 0.922. The van der Waals surface area contributed by atoms with Crippen LogP contribution in [-0.2, 0) is 13.2 Å². The normalized spacial score (nSPS) is 11.4. The average Bonchev–Trinajstić information content (AvgIpc) is 2.28. The predicted octanol–water partition coefficient (Wildman–Crippen LogP) is 0.929. The number of nitrogens with one attached hydrogen (secondary N) is 1. The minimum absolute atomic E-state index is 0.451. The first kappa shape index (κ1) is 10.4. The summed E-state index contributed by atoms with van der Waals surface area (Å²) >= 11 is 0. The molecule has 0 unspecified atom stereocenters. The summed E-state index contributed by atoms with van der Waals surface area (Å²) in [5.41, 5.74) is 3.07. The molecule has 1 rings (SSSR count). The molecular weight excluding hydrogens is 201 g/mol. The molecule has 0 bridgehead atoms. The van der Waals surface area contributed by atoms with E-state index in [-0.39, 0.29) is 0 Å². The lowest BCUT2D eigenvalue weighted by molar-refractivity contribution is -0.140. The first-order valence-electron chi connectivity index (χ1n) is 3.48. The molecule has 3 N–H and O–H groups in total. The molecule has 1 heterocycles. The SMILES string of the molecule is Cn1cc(NC(N)=O)c(C(F)(F)F)n1. The number of primary amides is 1. The summed E-state index contributed by atoms with van der Waals surface area (Å²) in [5, 5.41) is 4.99. The summed E-state index contributed by atoms with van der Waals surface area (Å²) in [6.07, 6.45) is -3.59. The lowest BCUT2D eigenvalue weighted by Gasteiger charge is -2.04. The van der Waals surface area contributed by atoms with Crippen molar-refractivity contribution in [3.05, 3.63) is 11.9 Å². The second-order valence-corrected chi connectivity index (χ2v) is 2.55. The number of urea groups is 1. The Morgan fingerprint density at radius 1 is 1.64 bits per heavy atom. The van der Waals surface area contributed by atoms with E-state index < -0.39 is 23.6 Å². The zero-order valence-electron chi connectivity index (χ0n) is 7.09. The minimum atomic E-state index is -4.61. The lowest BCUT2D eigenvalue weighted by Crippen LogP contribution is -2.21. The molecule has 14 heavy (non-hydrogen) atoms. The fourth-order valence-electron chi connectivity index (χ4n) is 0.922. The minimum Gasteiger partial charge on any atom is -0.351 e. The highest BCUT2D eigenvalue weighted by atomic mass is 19.4. The van der Waals surface area contributed by atoms with Crippen LogP contribution in [-0.4, -0.2) is 15.8 Å². The summed E-state index contributed by atoms with van der Waals surface area (Å²) < 4.78 is 37.7. The number of halogens is 3. The number of anilines is 1. The third-order valence-electron chi connectivity index (χ3n) is 1.36. The topological polar surface area (TPSA) is 72.9 Å². The second-order valence-electron chi connectivity index (χ2n) is 2.55. The van der Waals surface area contributed by atoms with Crippen molar-refractivity contribution in [2.45, 2.75) is 6.18 Å². The summed E-state index contributed by atoms with van der Waals surface area (Å²) in [6, 6.07) is -1.07. The average molecular weight is 208 g/mol. The standard InChI is InChI=1S/C6H7F3N4O/c1-13-2-3(11-5(10)14)4(12-13)6(7,8)9/h2H,1H3,(H3,10,11,14). The van der Waals surface area contributed by atoms with Crippen molar-refractivity contribution in [3.63, 3.8) is 0 Å². The maximum Gasteiger partial charge on any atom is 0.437 e. The molecule has 0 aliphatic heterocycles. The molecule has 2 amide bonds. The van der Waals surface area contributed by atoms with Crippen molar-refractivity contribution in [3.8, 4) is 0 Å². The van der Waals surface area contributed by atoms with Crippen molar-refractivity contribution in [1.29, 1.82) is 0 Å². The lowest BCUT2D eigenvalue weighted by atomic mass is 10.3. The van der Waals surface area contributed by atoms with Crippen molar-refractivity contribution >= 4 is 11.7 Å². The molecule has 0 atom stereocenters. The van der Waals surface area contributed by atoms with Crippen LogP contribution in [0.4, 0.5) is 23.7 Å². The molecular formula is C6H7F3N4O. The van der Waals surface area contributed by atoms with E-state index in [1.165, 1.54) is 7.05 Å². The van der Waals surface area contributed by atoms with E-state index in [9.17, 15) is 18.0 Å². The van der Waals surface area contributed by atoms with E-state index in [1.54, 1.807) is 0 Å². The van der Waals surface area contributed by atoms with Gasteiger partial charge < -0.3 is 11.1 Å². The number of carbonyl (C=O) groups excluding carboxylic acids is 1. The largest absolute Gasteiger partial charge is 0.437 e. The quantitative estimate of drug-likeness (QED) is 0.720. The van der Waals surface area contributed by atoms with Crippen LogP contribution >= 0.6 is 0 Å². The summed E-state index contributed by atoms with van der Waals surface area (Å²) in [6.45, 7) is 0. The van der Waals surface area contributed by atoms with Gasteiger partial charge >= 0.3 is 12.2 Å². The van der Waals surface area contributed by atoms with Crippen LogP contribution in [0.3, 0.4) is 0 Å². The van der Waals surface area contributed by atoms with E-state index in [0.29, 0.717) is 0 Å². The Morgan fingerprint density at radius 3 is 2.64 bits per heavy atom. The van der Waals surface area contributed by atoms with Gasteiger partial charge in [-0.2, -0.15) is 18.3 Å². The van der Waals surface area contributed by atoms with Crippen molar-refractivity contribution in [2.75, 3.05) is 5.32 Å². The van der Waals surface area contributed by atoms with E-state index >= 15 is 0 Å². The van der Waals surface area contributed by atoms with Gasteiger partial charge in [-0.15, -0.1) is 0 Å². The highest BCUT2D eigenvalue weighted by molar-refractivity contribution is 5.88. The van der Waals surface area contributed by atoms with Gasteiger partial charge in [0.25, 0.3) is 0 Å². The Bertz CT molecular complexity index is 356. The molecule has 0 spiro atoms.